The van der Waals surface area contributed by atoms with Crippen molar-refractivity contribution in [1.29, 1.82) is 0 Å². The average Bonchev–Trinajstić information content (AvgIpc) is 2.39. The van der Waals surface area contributed by atoms with Crippen LogP contribution in [-0.2, 0) is 4.74 Å². The first-order valence-electron chi connectivity index (χ1n) is 6.53. The molecule has 1 aromatic rings. The van der Waals surface area contributed by atoms with Crippen LogP contribution in [0.25, 0.3) is 0 Å². The predicted octanol–water partition coefficient (Wildman–Crippen LogP) is 3.55. The molecule has 2 rings (SSSR count). The van der Waals surface area contributed by atoms with Crippen molar-refractivity contribution in [3.05, 3.63) is 47.5 Å². The zero-order chi connectivity index (χ0) is 13.0. The Kier molecular flexibility index (Phi) is 4.32. The van der Waals surface area contributed by atoms with Crippen molar-refractivity contribution < 1.29 is 9.53 Å². The van der Waals surface area contributed by atoms with E-state index in [0.717, 1.165) is 49.2 Å². The first-order chi connectivity index (χ1) is 8.66. The standard InChI is InChI=1S/C16H20O2/c1-12-4-3-5-15(10-12)16(17)13(2)11-14-6-8-18-9-7-14/h3-5,10,14H,2,6-9,11H2,1H3. The number of aryl methyl sites for hydroxylation is 1. The average molecular weight is 244 g/mol. The Labute approximate surface area is 109 Å². The van der Waals surface area contributed by atoms with Crippen LogP contribution >= 0.6 is 0 Å². The third kappa shape index (κ3) is 3.30. The van der Waals surface area contributed by atoms with Gasteiger partial charge in [0.1, 0.15) is 0 Å². The summed E-state index contributed by atoms with van der Waals surface area (Å²) in [6, 6.07) is 7.71. The second-order valence-corrected chi connectivity index (χ2v) is 5.06. The zero-order valence-corrected chi connectivity index (χ0v) is 10.9. The monoisotopic (exact) mass is 244 g/mol. The normalized spacial score (nSPS) is 16.5. The molecule has 1 aliphatic rings. The number of hydrogen-bond acceptors (Lipinski definition) is 2. The van der Waals surface area contributed by atoms with Crippen molar-refractivity contribution in [1.82, 2.24) is 0 Å². The van der Waals surface area contributed by atoms with E-state index in [-0.39, 0.29) is 5.78 Å². The second-order valence-electron chi connectivity index (χ2n) is 5.06. The third-order valence-corrected chi connectivity index (χ3v) is 3.48. The minimum atomic E-state index is 0.0881. The summed E-state index contributed by atoms with van der Waals surface area (Å²) in [7, 11) is 0. The SMILES string of the molecule is C=C(CC1CCOCC1)C(=O)c1cccc(C)c1. The van der Waals surface area contributed by atoms with Crippen LogP contribution in [0.15, 0.2) is 36.4 Å². The Morgan fingerprint density at radius 1 is 1.39 bits per heavy atom. The van der Waals surface area contributed by atoms with Crippen LogP contribution in [0.4, 0.5) is 0 Å². The fourth-order valence-corrected chi connectivity index (χ4v) is 2.38. The van der Waals surface area contributed by atoms with Gasteiger partial charge in [0.2, 0.25) is 0 Å². The van der Waals surface area contributed by atoms with E-state index in [1.165, 1.54) is 0 Å². The van der Waals surface area contributed by atoms with Gasteiger partial charge in [-0.15, -0.1) is 0 Å². The molecule has 1 fully saturated rings. The highest BCUT2D eigenvalue weighted by atomic mass is 16.5. The summed E-state index contributed by atoms with van der Waals surface area (Å²) in [6.07, 6.45) is 2.89. The van der Waals surface area contributed by atoms with E-state index in [4.69, 9.17) is 4.74 Å². The van der Waals surface area contributed by atoms with Gasteiger partial charge in [-0.2, -0.15) is 0 Å². The zero-order valence-electron chi connectivity index (χ0n) is 10.9. The fraction of sp³-hybridized carbons (Fsp3) is 0.438. The van der Waals surface area contributed by atoms with Gasteiger partial charge in [0.25, 0.3) is 0 Å². The molecule has 0 aliphatic carbocycles. The van der Waals surface area contributed by atoms with E-state index in [2.05, 4.69) is 6.58 Å². The number of ether oxygens (including phenoxy) is 1. The highest BCUT2D eigenvalue weighted by Crippen LogP contribution is 2.24. The van der Waals surface area contributed by atoms with Crippen molar-refractivity contribution in [3.63, 3.8) is 0 Å². The van der Waals surface area contributed by atoms with E-state index < -0.39 is 0 Å². The molecule has 0 amide bonds. The van der Waals surface area contributed by atoms with Gasteiger partial charge in [0, 0.05) is 18.8 Å². The van der Waals surface area contributed by atoms with Crippen LogP contribution in [0.5, 0.6) is 0 Å². The lowest BCUT2D eigenvalue weighted by atomic mass is 9.89. The highest BCUT2D eigenvalue weighted by molar-refractivity contribution is 6.08. The van der Waals surface area contributed by atoms with Crippen LogP contribution in [0.3, 0.4) is 0 Å². The van der Waals surface area contributed by atoms with Crippen LogP contribution < -0.4 is 0 Å². The van der Waals surface area contributed by atoms with Crippen LogP contribution in [0, 0.1) is 12.8 Å². The third-order valence-electron chi connectivity index (χ3n) is 3.48. The molecule has 2 nitrogen and oxygen atoms in total. The van der Waals surface area contributed by atoms with E-state index in [9.17, 15) is 4.79 Å². The van der Waals surface area contributed by atoms with E-state index in [1.54, 1.807) is 0 Å². The van der Waals surface area contributed by atoms with E-state index >= 15 is 0 Å². The van der Waals surface area contributed by atoms with E-state index in [0.29, 0.717) is 5.92 Å². The van der Waals surface area contributed by atoms with Crippen LogP contribution in [0.2, 0.25) is 0 Å². The predicted molar refractivity (Wildman–Crippen MR) is 72.8 cm³/mol. The Morgan fingerprint density at radius 2 is 2.11 bits per heavy atom. The minimum Gasteiger partial charge on any atom is -0.381 e. The summed E-state index contributed by atoms with van der Waals surface area (Å²) < 4.78 is 5.33. The summed E-state index contributed by atoms with van der Waals surface area (Å²) in [4.78, 5) is 12.2. The quantitative estimate of drug-likeness (QED) is 0.598. The summed E-state index contributed by atoms with van der Waals surface area (Å²) in [5.74, 6) is 0.644. The van der Waals surface area contributed by atoms with Crippen molar-refractivity contribution in [3.8, 4) is 0 Å². The Hall–Kier alpha value is -1.41. The molecule has 2 heteroatoms. The lowest BCUT2D eigenvalue weighted by Crippen LogP contribution is -2.17. The fourth-order valence-electron chi connectivity index (χ4n) is 2.38. The number of carbonyl (C=O) groups excluding carboxylic acids is 1. The minimum absolute atomic E-state index is 0.0881. The number of Topliss-reactive ketones (excluding diaryl/α,β-unsaturated/α-hetero) is 1. The van der Waals surface area contributed by atoms with Crippen molar-refractivity contribution in [2.75, 3.05) is 13.2 Å². The molecule has 0 radical (unpaired) electrons. The van der Waals surface area contributed by atoms with Gasteiger partial charge in [-0.05, 0) is 43.7 Å². The van der Waals surface area contributed by atoms with Gasteiger partial charge in [0.05, 0.1) is 0 Å². The van der Waals surface area contributed by atoms with Gasteiger partial charge in [-0.3, -0.25) is 4.79 Å². The molecule has 1 saturated heterocycles. The molecule has 0 aromatic heterocycles. The molecule has 0 bridgehead atoms. The Morgan fingerprint density at radius 3 is 2.78 bits per heavy atom. The molecule has 1 heterocycles. The van der Waals surface area contributed by atoms with Gasteiger partial charge in [-0.1, -0.05) is 30.3 Å². The van der Waals surface area contributed by atoms with E-state index in [1.807, 2.05) is 31.2 Å². The highest BCUT2D eigenvalue weighted by Gasteiger charge is 2.18. The molecule has 1 aromatic carbocycles. The Bertz CT molecular complexity index is 442. The molecular formula is C16H20O2. The number of benzene rings is 1. The maximum Gasteiger partial charge on any atom is 0.188 e. The van der Waals surface area contributed by atoms with Gasteiger partial charge in [-0.25, -0.2) is 0 Å². The maximum absolute atomic E-state index is 12.2. The molecule has 0 unspecified atom stereocenters. The molecule has 96 valence electrons. The molecule has 1 aliphatic heterocycles. The smallest absolute Gasteiger partial charge is 0.188 e. The lowest BCUT2D eigenvalue weighted by Gasteiger charge is -2.22. The summed E-state index contributed by atoms with van der Waals surface area (Å²) in [6.45, 7) is 7.59. The van der Waals surface area contributed by atoms with Gasteiger partial charge >= 0.3 is 0 Å². The number of rotatable bonds is 4. The summed E-state index contributed by atoms with van der Waals surface area (Å²) in [5.41, 5.74) is 2.60. The molecule has 0 N–H and O–H groups in total. The van der Waals surface area contributed by atoms with Crippen LogP contribution in [0.1, 0.15) is 35.2 Å². The van der Waals surface area contributed by atoms with Gasteiger partial charge < -0.3 is 4.74 Å². The number of ketones is 1. The largest absolute Gasteiger partial charge is 0.381 e. The maximum atomic E-state index is 12.2. The summed E-state index contributed by atoms with van der Waals surface area (Å²) in [5, 5.41) is 0. The molecular weight excluding hydrogens is 224 g/mol. The first-order valence-corrected chi connectivity index (χ1v) is 6.53. The number of allylic oxidation sites excluding steroid dienone is 1. The number of carbonyl (C=O) groups is 1. The van der Waals surface area contributed by atoms with Crippen LogP contribution in [-0.4, -0.2) is 19.0 Å². The summed E-state index contributed by atoms with van der Waals surface area (Å²) >= 11 is 0. The number of hydrogen-bond donors (Lipinski definition) is 0. The van der Waals surface area contributed by atoms with Crippen molar-refractivity contribution in [2.45, 2.75) is 26.2 Å². The first kappa shape index (κ1) is 13.0. The molecule has 0 spiro atoms. The topological polar surface area (TPSA) is 26.3 Å². The lowest BCUT2D eigenvalue weighted by molar-refractivity contribution is 0.0657. The molecule has 0 saturated carbocycles. The molecule has 0 atom stereocenters. The molecule has 18 heavy (non-hydrogen) atoms. The van der Waals surface area contributed by atoms with Crippen molar-refractivity contribution in [2.24, 2.45) is 5.92 Å². The Balaban J connectivity index is 1.98. The van der Waals surface area contributed by atoms with Crippen molar-refractivity contribution >= 4 is 5.78 Å². The van der Waals surface area contributed by atoms with Gasteiger partial charge in [0.15, 0.2) is 5.78 Å². The second kappa shape index (κ2) is 5.96.